The van der Waals surface area contributed by atoms with Crippen molar-refractivity contribution < 1.29 is 9.90 Å². The molecular formula is C18H19NO2. The number of hydrogen-bond donors (Lipinski definition) is 1. The number of benzene rings is 2. The van der Waals surface area contributed by atoms with Gasteiger partial charge in [0.05, 0.1) is 5.41 Å². The Morgan fingerprint density at radius 2 is 1.71 bits per heavy atom. The second kappa shape index (κ2) is 4.92. The largest absolute Gasteiger partial charge is 0.481 e. The van der Waals surface area contributed by atoms with Crippen LogP contribution in [0.15, 0.2) is 48.5 Å². The van der Waals surface area contributed by atoms with Crippen molar-refractivity contribution in [1.82, 2.24) is 0 Å². The van der Waals surface area contributed by atoms with E-state index in [4.69, 9.17) is 0 Å². The molecule has 0 atom stereocenters. The lowest BCUT2D eigenvalue weighted by molar-refractivity contribution is -0.140. The SMILES string of the molecule is CN(C)c1cccc(-c2ccc(C3(C(=O)O)CC3)cc2)c1. The topological polar surface area (TPSA) is 40.5 Å². The first-order valence-corrected chi connectivity index (χ1v) is 7.15. The molecule has 0 aliphatic heterocycles. The molecule has 0 spiro atoms. The minimum absolute atomic E-state index is 0.621. The molecule has 3 heteroatoms. The number of anilines is 1. The molecule has 0 heterocycles. The van der Waals surface area contributed by atoms with Crippen molar-refractivity contribution in [3.63, 3.8) is 0 Å². The van der Waals surface area contributed by atoms with Gasteiger partial charge >= 0.3 is 5.97 Å². The number of hydrogen-bond acceptors (Lipinski definition) is 2. The van der Waals surface area contributed by atoms with Crippen molar-refractivity contribution in [1.29, 1.82) is 0 Å². The highest BCUT2D eigenvalue weighted by Crippen LogP contribution is 2.48. The molecule has 2 aromatic rings. The minimum atomic E-state index is -0.704. The van der Waals surface area contributed by atoms with Crippen LogP contribution in [0.3, 0.4) is 0 Å². The van der Waals surface area contributed by atoms with Crippen molar-refractivity contribution in [2.75, 3.05) is 19.0 Å². The second-order valence-electron chi connectivity index (χ2n) is 5.91. The molecule has 0 amide bonds. The van der Waals surface area contributed by atoms with E-state index in [1.165, 1.54) is 0 Å². The summed E-state index contributed by atoms with van der Waals surface area (Å²) in [6.45, 7) is 0. The normalized spacial score (nSPS) is 15.5. The van der Waals surface area contributed by atoms with Crippen LogP contribution in [0, 0.1) is 0 Å². The van der Waals surface area contributed by atoms with E-state index in [2.05, 4.69) is 23.1 Å². The molecule has 0 unspecified atom stereocenters. The van der Waals surface area contributed by atoms with Crippen LogP contribution in [0.5, 0.6) is 0 Å². The van der Waals surface area contributed by atoms with Crippen molar-refractivity contribution in [2.24, 2.45) is 0 Å². The fourth-order valence-corrected chi connectivity index (χ4v) is 2.70. The second-order valence-corrected chi connectivity index (χ2v) is 5.91. The molecule has 1 saturated carbocycles. The molecule has 1 N–H and O–H groups in total. The average Bonchev–Trinajstić information content (AvgIpc) is 3.29. The summed E-state index contributed by atoms with van der Waals surface area (Å²) in [5.74, 6) is -0.704. The Kier molecular flexibility index (Phi) is 3.20. The van der Waals surface area contributed by atoms with Gasteiger partial charge in [-0.2, -0.15) is 0 Å². The third kappa shape index (κ3) is 2.40. The molecule has 1 fully saturated rings. The third-order valence-corrected chi connectivity index (χ3v) is 4.29. The zero-order chi connectivity index (χ0) is 15.0. The molecule has 3 rings (SSSR count). The summed E-state index contributed by atoms with van der Waals surface area (Å²) in [4.78, 5) is 13.4. The Bertz CT molecular complexity index is 670. The van der Waals surface area contributed by atoms with Gasteiger partial charge in [0.1, 0.15) is 0 Å². The number of carboxylic acid groups (broad SMARTS) is 1. The smallest absolute Gasteiger partial charge is 0.314 e. The Labute approximate surface area is 124 Å². The predicted octanol–water partition coefficient (Wildman–Crippen LogP) is 3.54. The van der Waals surface area contributed by atoms with Crippen LogP contribution in [-0.2, 0) is 10.2 Å². The summed E-state index contributed by atoms with van der Waals surface area (Å²) >= 11 is 0. The molecule has 0 bridgehead atoms. The quantitative estimate of drug-likeness (QED) is 0.932. The van der Waals surface area contributed by atoms with E-state index in [1.807, 2.05) is 44.4 Å². The van der Waals surface area contributed by atoms with Crippen LogP contribution in [0.25, 0.3) is 11.1 Å². The number of carboxylic acids is 1. The van der Waals surface area contributed by atoms with Crippen LogP contribution < -0.4 is 4.90 Å². The summed E-state index contributed by atoms with van der Waals surface area (Å²) < 4.78 is 0. The molecule has 0 radical (unpaired) electrons. The Morgan fingerprint density at radius 1 is 1.05 bits per heavy atom. The van der Waals surface area contributed by atoms with Crippen LogP contribution in [0.1, 0.15) is 18.4 Å². The number of aliphatic carboxylic acids is 1. The summed E-state index contributed by atoms with van der Waals surface area (Å²) in [5.41, 5.74) is 3.71. The predicted molar refractivity (Wildman–Crippen MR) is 84.8 cm³/mol. The Morgan fingerprint density at radius 3 is 2.24 bits per heavy atom. The first-order chi connectivity index (χ1) is 10.0. The van der Waals surface area contributed by atoms with Gasteiger partial charge in [0.15, 0.2) is 0 Å². The standard InChI is InChI=1S/C18H19NO2/c1-19(2)16-5-3-4-14(12-16)13-6-8-15(9-7-13)18(10-11-18)17(20)21/h3-9,12H,10-11H2,1-2H3,(H,20,21). The number of carbonyl (C=O) groups is 1. The van der Waals surface area contributed by atoms with Crippen LogP contribution in [-0.4, -0.2) is 25.2 Å². The molecule has 2 aromatic carbocycles. The maximum absolute atomic E-state index is 11.4. The molecule has 21 heavy (non-hydrogen) atoms. The zero-order valence-electron chi connectivity index (χ0n) is 12.3. The molecule has 3 nitrogen and oxygen atoms in total. The van der Waals surface area contributed by atoms with Crippen molar-refractivity contribution >= 4 is 11.7 Å². The summed E-state index contributed by atoms with van der Waals surface area (Å²) in [7, 11) is 4.04. The average molecular weight is 281 g/mol. The van der Waals surface area contributed by atoms with Crippen molar-refractivity contribution in [3.8, 4) is 11.1 Å². The van der Waals surface area contributed by atoms with Gasteiger partial charge in [-0.1, -0.05) is 36.4 Å². The first-order valence-electron chi connectivity index (χ1n) is 7.15. The van der Waals surface area contributed by atoms with Gasteiger partial charge < -0.3 is 10.0 Å². The minimum Gasteiger partial charge on any atom is -0.481 e. The van der Waals surface area contributed by atoms with Gasteiger partial charge in [0.25, 0.3) is 0 Å². The Hall–Kier alpha value is -2.29. The van der Waals surface area contributed by atoms with E-state index < -0.39 is 11.4 Å². The van der Waals surface area contributed by atoms with Gasteiger partial charge in [-0.25, -0.2) is 0 Å². The van der Waals surface area contributed by atoms with E-state index in [0.717, 1.165) is 35.2 Å². The molecule has 1 aliphatic rings. The fourth-order valence-electron chi connectivity index (χ4n) is 2.70. The highest BCUT2D eigenvalue weighted by molar-refractivity contribution is 5.85. The summed E-state index contributed by atoms with van der Waals surface area (Å²) in [6.07, 6.45) is 1.50. The van der Waals surface area contributed by atoms with E-state index >= 15 is 0 Å². The maximum atomic E-state index is 11.4. The van der Waals surface area contributed by atoms with Gasteiger partial charge in [-0.05, 0) is 41.7 Å². The van der Waals surface area contributed by atoms with Gasteiger partial charge in [-0.15, -0.1) is 0 Å². The monoisotopic (exact) mass is 281 g/mol. The van der Waals surface area contributed by atoms with E-state index in [0.29, 0.717) is 0 Å². The number of rotatable bonds is 4. The highest BCUT2D eigenvalue weighted by Gasteiger charge is 2.51. The van der Waals surface area contributed by atoms with E-state index in [9.17, 15) is 9.90 Å². The van der Waals surface area contributed by atoms with Gasteiger partial charge in [0.2, 0.25) is 0 Å². The maximum Gasteiger partial charge on any atom is 0.314 e. The Balaban J connectivity index is 1.91. The lowest BCUT2D eigenvalue weighted by Crippen LogP contribution is -2.19. The summed E-state index contributed by atoms with van der Waals surface area (Å²) in [5, 5.41) is 9.34. The number of nitrogens with zero attached hydrogens (tertiary/aromatic N) is 1. The molecule has 0 aromatic heterocycles. The third-order valence-electron chi connectivity index (χ3n) is 4.29. The van der Waals surface area contributed by atoms with Crippen LogP contribution >= 0.6 is 0 Å². The first kappa shape index (κ1) is 13.7. The lowest BCUT2D eigenvalue weighted by Gasteiger charge is -2.14. The molecule has 108 valence electrons. The molecular weight excluding hydrogens is 262 g/mol. The summed E-state index contributed by atoms with van der Waals surface area (Å²) in [6, 6.07) is 16.3. The van der Waals surface area contributed by atoms with Gasteiger partial charge in [-0.3, -0.25) is 4.79 Å². The van der Waals surface area contributed by atoms with Crippen LogP contribution in [0.2, 0.25) is 0 Å². The zero-order valence-corrected chi connectivity index (χ0v) is 12.3. The van der Waals surface area contributed by atoms with Crippen molar-refractivity contribution in [3.05, 3.63) is 54.1 Å². The highest BCUT2D eigenvalue weighted by atomic mass is 16.4. The van der Waals surface area contributed by atoms with E-state index in [-0.39, 0.29) is 0 Å². The lowest BCUT2D eigenvalue weighted by atomic mass is 9.94. The molecule has 1 aliphatic carbocycles. The van der Waals surface area contributed by atoms with Crippen molar-refractivity contribution in [2.45, 2.75) is 18.3 Å². The van der Waals surface area contributed by atoms with Gasteiger partial charge in [0, 0.05) is 19.8 Å². The van der Waals surface area contributed by atoms with Crippen LogP contribution in [0.4, 0.5) is 5.69 Å². The fraction of sp³-hybridized carbons (Fsp3) is 0.278. The van der Waals surface area contributed by atoms with E-state index in [1.54, 1.807) is 0 Å². The molecule has 0 saturated heterocycles.